The minimum absolute atomic E-state index is 0. The summed E-state index contributed by atoms with van der Waals surface area (Å²) >= 11 is 0. The van der Waals surface area contributed by atoms with Gasteiger partial charge in [-0.15, -0.1) is 34.8 Å². The van der Waals surface area contributed by atoms with Crippen molar-refractivity contribution >= 4 is 100 Å². The van der Waals surface area contributed by atoms with Crippen molar-refractivity contribution in [2.75, 3.05) is 0 Å². The molecule has 0 aliphatic rings. The third-order valence-corrected chi connectivity index (χ3v) is 16.1. The molecular weight excluding hydrogens is 807 g/mol. The summed E-state index contributed by atoms with van der Waals surface area (Å²) in [4.78, 5) is 9.93. The van der Waals surface area contributed by atoms with Crippen molar-refractivity contribution in [3.63, 3.8) is 0 Å². The SMILES string of the molecule is [Pd+2].[c-]1c(-n2c3ccc4oc5ccccc5c4c3c3cccnc32)cccc1[Si](c1[c-]c2c(cc1)c1ccccc1n1ccnc21)(c1ccccc1)c1ccccc1. The van der Waals surface area contributed by atoms with Crippen LogP contribution in [0.4, 0.5) is 0 Å². The van der Waals surface area contributed by atoms with E-state index < -0.39 is 8.07 Å². The van der Waals surface area contributed by atoms with E-state index in [2.05, 4.69) is 167 Å². The molecule has 0 unspecified atom stereocenters. The number of rotatable bonds is 5. The second kappa shape index (κ2) is 13.0. The van der Waals surface area contributed by atoms with Gasteiger partial charge in [-0.25, -0.2) is 4.98 Å². The third-order valence-electron chi connectivity index (χ3n) is 11.5. The van der Waals surface area contributed by atoms with Gasteiger partial charge in [0.1, 0.15) is 24.9 Å². The van der Waals surface area contributed by atoms with Crippen LogP contribution in [-0.2, 0) is 20.4 Å². The van der Waals surface area contributed by atoms with Gasteiger partial charge in [0.25, 0.3) is 0 Å². The van der Waals surface area contributed by atoms with Crippen LogP contribution in [0, 0.1) is 12.1 Å². The standard InChI is InChI=1S/C50H30N4OSi.Pd/c1-3-14-34(15-4-1)56(35-16-5-2-6-17-35,37-24-25-38-39-19-7-9-22-43(39)53-30-29-52-49(53)42(38)32-37)36-18-11-13-33(31-36)54-44-26-27-46-48(40-20-8-10-23-45(40)55-46)47(44)41-21-12-28-51-50(41)54;/h1-30H;/q-2;+2. The summed E-state index contributed by atoms with van der Waals surface area (Å²) in [6, 6.07) is 66.6. The Morgan fingerprint density at radius 2 is 1.18 bits per heavy atom. The van der Waals surface area contributed by atoms with Crippen LogP contribution >= 0.6 is 0 Å². The van der Waals surface area contributed by atoms with Gasteiger partial charge in [0.15, 0.2) is 0 Å². The molecule has 0 amide bonds. The van der Waals surface area contributed by atoms with Crippen molar-refractivity contribution in [2.45, 2.75) is 0 Å². The van der Waals surface area contributed by atoms with Crippen LogP contribution in [0.1, 0.15) is 0 Å². The maximum Gasteiger partial charge on any atom is 2.00 e. The molecule has 5 nitrogen and oxygen atoms in total. The number of benzene rings is 7. The molecule has 270 valence electrons. The van der Waals surface area contributed by atoms with E-state index in [0.717, 1.165) is 81.9 Å². The molecule has 0 bridgehead atoms. The molecule has 0 atom stereocenters. The average molecular weight is 837 g/mol. The van der Waals surface area contributed by atoms with Gasteiger partial charge in [-0.1, -0.05) is 108 Å². The summed E-state index contributed by atoms with van der Waals surface area (Å²) in [5, 5.41) is 12.5. The van der Waals surface area contributed by atoms with Gasteiger partial charge in [-0.3, -0.25) is 4.98 Å². The molecule has 0 aliphatic carbocycles. The number of nitrogens with zero attached hydrogens (tertiary/aromatic N) is 4. The van der Waals surface area contributed by atoms with Gasteiger partial charge >= 0.3 is 20.4 Å². The quantitative estimate of drug-likeness (QED) is 0.0753. The van der Waals surface area contributed by atoms with Crippen molar-refractivity contribution in [1.82, 2.24) is 18.9 Å². The van der Waals surface area contributed by atoms with Gasteiger partial charge in [0, 0.05) is 45.7 Å². The predicted octanol–water partition coefficient (Wildman–Crippen LogP) is 9.01. The largest absolute Gasteiger partial charge is 2.00 e. The number of para-hydroxylation sites is 2. The zero-order valence-electron chi connectivity index (χ0n) is 30.3. The van der Waals surface area contributed by atoms with Crippen molar-refractivity contribution in [3.8, 4) is 5.69 Å². The Morgan fingerprint density at radius 1 is 0.474 bits per heavy atom. The number of aromatic nitrogens is 4. The van der Waals surface area contributed by atoms with Gasteiger partial charge in [-0.05, 0) is 52.2 Å². The normalized spacial score (nSPS) is 12.1. The Bertz CT molecular complexity index is 3460. The van der Waals surface area contributed by atoms with Crippen LogP contribution in [-0.4, -0.2) is 27.0 Å². The molecule has 5 aromatic heterocycles. The van der Waals surface area contributed by atoms with Gasteiger partial charge in [-0.2, -0.15) is 23.4 Å². The van der Waals surface area contributed by atoms with Gasteiger partial charge in [0.05, 0.1) is 11.2 Å². The first-order valence-corrected chi connectivity index (χ1v) is 20.8. The average Bonchev–Trinajstić information content (AvgIpc) is 4.00. The van der Waals surface area contributed by atoms with Crippen LogP contribution in [0.2, 0.25) is 0 Å². The molecular formula is C50H30N4OPdSi. The van der Waals surface area contributed by atoms with Gasteiger partial charge < -0.3 is 13.4 Å². The Balaban J connectivity index is 0.00000374. The van der Waals surface area contributed by atoms with Crippen LogP contribution in [0.5, 0.6) is 0 Å². The molecule has 0 spiro atoms. The molecule has 7 heteroatoms. The van der Waals surface area contributed by atoms with Crippen LogP contribution < -0.4 is 20.7 Å². The topological polar surface area (TPSA) is 48.3 Å². The van der Waals surface area contributed by atoms with E-state index in [1.54, 1.807) is 0 Å². The molecule has 57 heavy (non-hydrogen) atoms. The van der Waals surface area contributed by atoms with Crippen molar-refractivity contribution in [2.24, 2.45) is 0 Å². The number of pyridine rings is 2. The minimum atomic E-state index is -3.10. The van der Waals surface area contributed by atoms with E-state index in [4.69, 9.17) is 14.4 Å². The Labute approximate surface area is 342 Å². The van der Waals surface area contributed by atoms with Crippen molar-refractivity contribution in [3.05, 3.63) is 195 Å². The maximum absolute atomic E-state index is 6.37. The second-order valence-corrected chi connectivity index (χ2v) is 18.1. The number of furan rings is 1. The molecule has 5 heterocycles. The fourth-order valence-corrected chi connectivity index (χ4v) is 13.8. The molecule has 7 aromatic carbocycles. The van der Waals surface area contributed by atoms with E-state index >= 15 is 0 Å². The van der Waals surface area contributed by atoms with Gasteiger partial charge in [0.2, 0.25) is 0 Å². The number of fused-ring (bicyclic) bond motifs is 13. The summed E-state index contributed by atoms with van der Waals surface area (Å²) in [5.41, 5.74) is 6.64. The number of imidazole rings is 1. The van der Waals surface area contributed by atoms with Crippen molar-refractivity contribution in [1.29, 1.82) is 0 Å². The first-order chi connectivity index (χ1) is 27.8. The summed E-state index contributed by atoms with van der Waals surface area (Å²) in [5.74, 6) is 0. The zero-order chi connectivity index (χ0) is 36.8. The van der Waals surface area contributed by atoms with Crippen molar-refractivity contribution < 1.29 is 24.8 Å². The van der Waals surface area contributed by atoms with Crippen LogP contribution in [0.15, 0.2) is 187 Å². The first-order valence-electron chi connectivity index (χ1n) is 18.8. The van der Waals surface area contributed by atoms with Crippen LogP contribution in [0.3, 0.4) is 0 Å². The Morgan fingerprint density at radius 3 is 2.00 bits per heavy atom. The summed E-state index contributed by atoms with van der Waals surface area (Å²) < 4.78 is 10.8. The molecule has 0 saturated heterocycles. The second-order valence-electron chi connectivity index (χ2n) is 14.4. The zero-order valence-corrected chi connectivity index (χ0v) is 32.9. The van der Waals surface area contributed by atoms with E-state index in [1.807, 2.05) is 36.8 Å². The Hall–Kier alpha value is -6.62. The van der Waals surface area contributed by atoms with Crippen LogP contribution in [0.25, 0.3) is 76.9 Å². The third kappa shape index (κ3) is 4.77. The molecule has 12 aromatic rings. The molecule has 0 N–H and O–H groups in total. The minimum Gasteiger partial charge on any atom is -0.456 e. The monoisotopic (exact) mass is 836 g/mol. The molecule has 0 radical (unpaired) electrons. The maximum atomic E-state index is 6.37. The predicted molar refractivity (Wildman–Crippen MR) is 231 cm³/mol. The van der Waals surface area contributed by atoms with E-state index in [-0.39, 0.29) is 20.4 Å². The fraction of sp³-hybridized carbons (Fsp3) is 0. The molecule has 0 saturated carbocycles. The first kappa shape index (κ1) is 33.7. The molecule has 0 fully saturated rings. The summed E-state index contributed by atoms with van der Waals surface area (Å²) in [6.45, 7) is 0. The smallest absolute Gasteiger partial charge is 0.456 e. The van der Waals surface area contributed by atoms with E-state index in [0.29, 0.717) is 0 Å². The Kier molecular flexibility index (Phi) is 7.67. The van der Waals surface area contributed by atoms with E-state index in [9.17, 15) is 0 Å². The fourth-order valence-electron chi connectivity index (χ4n) is 9.22. The molecule has 12 rings (SSSR count). The number of hydrogen-bond acceptors (Lipinski definition) is 3. The summed E-state index contributed by atoms with van der Waals surface area (Å²) in [7, 11) is -3.10. The van der Waals surface area contributed by atoms with E-state index in [1.165, 1.54) is 15.8 Å². The summed E-state index contributed by atoms with van der Waals surface area (Å²) in [6.07, 6.45) is 5.81. The number of hydrogen-bond donors (Lipinski definition) is 0. The molecule has 0 aliphatic heterocycles.